The highest BCUT2D eigenvalue weighted by molar-refractivity contribution is 5.96. The Labute approximate surface area is 205 Å². The summed E-state index contributed by atoms with van der Waals surface area (Å²) in [5.41, 5.74) is 2.95. The topological polar surface area (TPSA) is 103 Å². The Morgan fingerprint density at radius 2 is 1.80 bits per heavy atom. The van der Waals surface area contributed by atoms with Crippen molar-refractivity contribution in [1.29, 1.82) is 0 Å². The number of hydrogen-bond acceptors (Lipinski definition) is 5. The molecule has 2 N–H and O–H groups in total. The van der Waals surface area contributed by atoms with Crippen LogP contribution in [0.2, 0.25) is 0 Å². The van der Waals surface area contributed by atoms with Gasteiger partial charge < -0.3 is 19.9 Å². The third-order valence-electron chi connectivity index (χ3n) is 5.72. The van der Waals surface area contributed by atoms with Gasteiger partial charge in [-0.05, 0) is 59.7 Å². The summed E-state index contributed by atoms with van der Waals surface area (Å²) in [7, 11) is 3.18. The van der Waals surface area contributed by atoms with Crippen LogP contribution in [0.1, 0.15) is 59.8 Å². The summed E-state index contributed by atoms with van der Waals surface area (Å²) in [5, 5.41) is 16.6. The van der Waals surface area contributed by atoms with Crippen LogP contribution in [0.25, 0.3) is 0 Å². The fourth-order valence-electron chi connectivity index (χ4n) is 3.99. The second-order valence-corrected chi connectivity index (χ2v) is 8.89. The van der Waals surface area contributed by atoms with Crippen LogP contribution in [-0.2, 0) is 17.8 Å². The van der Waals surface area contributed by atoms with Gasteiger partial charge in [0.15, 0.2) is 0 Å². The summed E-state index contributed by atoms with van der Waals surface area (Å²) in [6.45, 7) is 4.70. The van der Waals surface area contributed by atoms with Crippen molar-refractivity contribution in [3.05, 3.63) is 77.1 Å². The molecular formula is C27H33N3O5. The number of hydrogen-bond donors (Lipinski definition) is 2. The molecule has 35 heavy (non-hydrogen) atoms. The van der Waals surface area contributed by atoms with Gasteiger partial charge in [0.25, 0.3) is 5.91 Å². The van der Waals surface area contributed by atoms with Crippen LogP contribution in [0.5, 0.6) is 11.5 Å². The molecule has 0 radical (unpaired) electrons. The maximum Gasteiger partial charge on any atom is 0.303 e. The monoisotopic (exact) mass is 479 g/mol. The molecule has 186 valence electrons. The molecule has 3 rings (SSSR count). The molecule has 1 unspecified atom stereocenters. The summed E-state index contributed by atoms with van der Waals surface area (Å²) in [6, 6.07) is 12.7. The maximum absolute atomic E-state index is 13.6. The lowest BCUT2D eigenvalue weighted by Gasteiger charge is -2.23. The van der Waals surface area contributed by atoms with Crippen molar-refractivity contribution in [3.8, 4) is 11.5 Å². The number of carbonyl (C=O) groups excluding carboxylic acids is 1. The van der Waals surface area contributed by atoms with Crippen molar-refractivity contribution in [2.24, 2.45) is 5.92 Å². The molecule has 1 heterocycles. The molecule has 0 fully saturated rings. The lowest BCUT2D eigenvalue weighted by atomic mass is 9.94. The minimum absolute atomic E-state index is 0.0543. The second kappa shape index (κ2) is 12.1. The number of benzene rings is 2. The predicted octanol–water partition coefficient (Wildman–Crippen LogP) is 4.48. The predicted molar refractivity (Wildman–Crippen MR) is 133 cm³/mol. The molecule has 0 aliphatic carbocycles. The highest BCUT2D eigenvalue weighted by atomic mass is 16.5. The summed E-state index contributed by atoms with van der Waals surface area (Å²) < 4.78 is 12.6. The Bertz CT molecular complexity index is 1120. The van der Waals surface area contributed by atoms with Gasteiger partial charge in [-0.3, -0.25) is 14.3 Å². The maximum atomic E-state index is 13.6. The molecule has 0 aliphatic heterocycles. The number of carboxylic acids is 1. The normalized spacial score (nSPS) is 11.8. The quantitative estimate of drug-likeness (QED) is 0.397. The molecule has 0 saturated heterocycles. The van der Waals surface area contributed by atoms with Gasteiger partial charge in [0.2, 0.25) is 0 Å². The van der Waals surface area contributed by atoms with Gasteiger partial charge in [0.1, 0.15) is 11.5 Å². The zero-order chi connectivity index (χ0) is 25.4. The Hall–Kier alpha value is -3.81. The minimum Gasteiger partial charge on any atom is -0.497 e. The Balaban J connectivity index is 1.94. The van der Waals surface area contributed by atoms with Gasteiger partial charge in [-0.25, -0.2) is 0 Å². The molecule has 1 atom stereocenters. The SMILES string of the molecule is COc1cc(OC)cc(C(CC(C)C)NC(=O)c2cc(Cn3cccn3)ccc2CCC(=O)O)c1. The van der Waals surface area contributed by atoms with Crippen molar-refractivity contribution in [3.63, 3.8) is 0 Å². The van der Waals surface area contributed by atoms with E-state index in [1.54, 1.807) is 31.2 Å². The lowest BCUT2D eigenvalue weighted by molar-refractivity contribution is -0.136. The summed E-state index contributed by atoms with van der Waals surface area (Å²) >= 11 is 0. The van der Waals surface area contributed by atoms with Crippen LogP contribution in [0.4, 0.5) is 0 Å². The Kier molecular flexibility index (Phi) is 8.89. The third-order valence-corrected chi connectivity index (χ3v) is 5.72. The Morgan fingerprint density at radius 1 is 1.09 bits per heavy atom. The number of aromatic nitrogens is 2. The van der Waals surface area contributed by atoms with E-state index < -0.39 is 5.97 Å². The van der Waals surface area contributed by atoms with E-state index >= 15 is 0 Å². The first-order valence-electron chi connectivity index (χ1n) is 11.6. The average molecular weight is 480 g/mol. The molecule has 0 saturated carbocycles. The highest BCUT2D eigenvalue weighted by Gasteiger charge is 2.21. The number of carboxylic acid groups (broad SMARTS) is 1. The lowest BCUT2D eigenvalue weighted by Crippen LogP contribution is -2.30. The number of nitrogens with one attached hydrogen (secondary N) is 1. The largest absolute Gasteiger partial charge is 0.497 e. The number of aliphatic carboxylic acids is 1. The molecule has 1 aromatic heterocycles. The minimum atomic E-state index is -0.905. The zero-order valence-electron chi connectivity index (χ0n) is 20.7. The van der Waals surface area contributed by atoms with Gasteiger partial charge in [-0.1, -0.05) is 26.0 Å². The van der Waals surface area contributed by atoms with Crippen LogP contribution in [-0.4, -0.2) is 41.0 Å². The number of methoxy groups -OCH3 is 2. The molecule has 3 aromatic rings. The van der Waals surface area contributed by atoms with E-state index in [4.69, 9.17) is 9.47 Å². The van der Waals surface area contributed by atoms with Gasteiger partial charge in [0.05, 0.1) is 26.8 Å². The summed E-state index contributed by atoms with van der Waals surface area (Å²) in [6.07, 6.45) is 4.48. The number of aryl methyl sites for hydroxylation is 1. The molecular weight excluding hydrogens is 446 g/mol. The van der Waals surface area contributed by atoms with Crippen molar-refractivity contribution in [1.82, 2.24) is 15.1 Å². The number of rotatable bonds is 12. The molecule has 0 spiro atoms. The fourth-order valence-corrected chi connectivity index (χ4v) is 3.99. The first-order chi connectivity index (χ1) is 16.8. The summed E-state index contributed by atoms with van der Waals surface area (Å²) in [4.78, 5) is 24.8. The van der Waals surface area contributed by atoms with Gasteiger partial charge >= 0.3 is 5.97 Å². The van der Waals surface area contributed by atoms with E-state index in [2.05, 4.69) is 24.3 Å². The molecule has 2 aromatic carbocycles. The van der Waals surface area contributed by atoms with E-state index in [9.17, 15) is 14.7 Å². The van der Waals surface area contributed by atoms with E-state index in [1.165, 1.54) is 0 Å². The van der Waals surface area contributed by atoms with Crippen LogP contribution in [0.3, 0.4) is 0 Å². The van der Waals surface area contributed by atoms with Crippen LogP contribution in [0, 0.1) is 5.92 Å². The number of carbonyl (C=O) groups is 2. The van der Waals surface area contributed by atoms with E-state index in [-0.39, 0.29) is 24.8 Å². The molecule has 8 heteroatoms. The third kappa shape index (κ3) is 7.34. The van der Waals surface area contributed by atoms with Crippen molar-refractivity contribution >= 4 is 11.9 Å². The first-order valence-corrected chi connectivity index (χ1v) is 11.6. The number of amides is 1. The van der Waals surface area contributed by atoms with Gasteiger partial charge in [0, 0.05) is 30.4 Å². The molecule has 1 amide bonds. The van der Waals surface area contributed by atoms with E-state index in [0.717, 1.165) is 11.1 Å². The van der Waals surface area contributed by atoms with Gasteiger partial charge in [-0.15, -0.1) is 0 Å². The average Bonchev–Trinajstić information content (AvgIpc) is 3.35. The summed E-state index contributed by atoms with van der Waals surface area (Å²) in [5.74, 6) is 0.449. The smallest absolute Gasteiger partial charge is 0.303 e. The second-order valence-electron chi connectivity index (χ2n) is 8.89. The Morgan fingerprint density at radius 3 is 2.37 bits per heavy atom. The van der Waals surface area contributed by atoms with Crippen molar-refractivity contribution < 1.29 is 24.2 Å². The fraction of sp³-hybridized carbons (Fsp3) is 0.370. The number of ether oxygens (including phenoxy) is 2. The van der Waals surface area contributed by atoms with Gasteiger partial charge in [-0.2, -0.15) is 5.10 Å². The van der Waals surface area contributed by atoms with E-state index in [1.807, 2.05) is 42.6 Å². The van der Waals surface area contributed by atoms with Crippen LogP contribution < -0.4 is 14.8 Å². The number of nitrogens with zero attached hydrogens (tertiary/aromatic N) is 2. The molecule has 0 bridgehead atoms. The molecule has 0 aliphatic rings. The van der Waals surface area contributed by atoms with Crippen LogP contribution in [0.15, 0.2) is 54.9 Å². The van der Waals surface area contributed by atoms with E-state index in [0.29, 0.717) is 41.5 Å². The molecule has 8 nitrogen and oxygen atoms in total. The van der Waals surface area contributed by atoms with Crippen molar-refractivity contribution in [2.75, 3.05) is 14.2 Å². The van der Waals surface area contributed by atoms with Crippen molar-refractivity contribution in [2.45, 2.75) is 45.7 Å². The highest BCUT2D eigenvalue weighted by Crippen LogP contribution is 2.30. The van der Waals surface area contributed by atoms with Crippen LogP contribution >= 0.6 is 0 Å². The first kappa shape index (κ1) is 25.8. The zero-order valence-corrected chi connectivity index (χ0v) is 20.7. The standard InChI is InChI=1S/C27H33N3O5/c1-18(2)12-25(21-14-22(34-3)16-23(15-21)35-4)29-27(33)24-13-19(17-30-11-5-10-28-30)6-7-20(24)8-9-26(31)32/h5-7,10-11,13-16,18,25H,8-9,12,17H2,1-4H3,(H,29,33)(H,31,32).